The van der Waals surface area contributed by atoms with Crippen molar-refractivity contribution in [2.45, 2.75) is 19.9 Å². The second kappa shape index (κ2) is 9.13. The third kappa shape index (κ3) is 3.89. The highest BCUT2D eigenvalue weighted by molar-refractivity contribution is 7.11. The van der Waals surface area contributed by atoms with Gasteiger partial charge in [-0.1, -0.05) is 23.5 Å². The van der Waals surface area contributed by atoms with Crippen LogP contribution in [-0.4, -0.2) is 31.4 Å². The molecular formula is C23H22N2O5S2. The molecule has 7 nitrogen and oxygen atoms in total. The summed E-state index contributed by atoms with van der Waals surface area (Å²) in [4.78, 5) is 32.5. The number of carbonyl (C=O) groups is 1. The Hall–Kier alpha value is -3.17. The molecule has 0 unspecified atom stereocenters. The van der Waals surface area contributed by atoms with E-state index in [-0.39, 0.29) is 12.2 Å². The molecule has 0 bridgehead atoms. The molecule has 3 heterocycles. The summed E-state index contributed by atoms with van der Waals surface area (Å²) in [6.45, 7) is 3.73. The van der Waals surface area contributed by atoms with Gasteiger partial charge in [0.05, 0.1) is 42.7 Å². The zero-order valence-corrected chi connectivity index (χ0v) is 19.7. The van der Waals surface area contributed by atoms with Gasteiger partial charge in [-0.15, -0.1) is 11.3 Å². The molecule has 3 aromatic rings. The van der Waals surface area contributed by atoms with Crippen LogP contribution in [0.15, 0.2) is 56.8 Å². The fraction of sp³-hybridized carbons (Fsp3) is 0.261. The Bertz CT molecular complexity index is 1370. The van der Waals surface area contributed by atoms with Crippen LogP contribution in [0.4, 0.5) is 0 Å². The average Bonchev–Trinajstić information content (AvgIpc) is 3.40. The van der Waals surface area contributed by atoms with Crippen molar-refractivity contribution in [2.24, 2.45) is 4.99 Å². The van der Waals surface area contributed by atoms with Gasteiger partial charge in [-0.05, 0) is 49.1 Å². The number of rotatable bonds is 6. The lowest BCUT2D eigenvalue weighted by Gasteiger charge is -2.25. The largest absolute Gasteiger partial charge is 0.493 e. The molecule has 0 saturated heterocycles. The zero-order valence-electron chi connectivity index (χ0n) is 18.1. The Morgan fingerprint density at radius 3 is 2.66 bits per heavy atom. The molecule has 0 fully saturated rings. The number of fused-ring (bicyclic) bond motifs is 1. The molecule has 166 valence electrons. The number of hydrogen-bond acceptors (Lipinski definition) is 8. The minimum Gasteiger partial charge on any atom is -0.493 e. The second-order valence-electron chi connectivity index (χ2n) is 6.93. The first kappa shape index (κ1) is 22.0. The predicted molar refractivity (Wildman–Crippen MR) is 124 cm³/mol. The summed E-state index contributed by atoms with van der Waals surface area (Å²) >= 11 is 2.85. The highest BCUT2D eigenvalue weighted by Gasteiger charge is 2.33. The topological polar surface area (TPSA) is 79.1 Å². The van der Waals surface area contributed by atoms with Crippen molar-refractivity contribution in [3.05, 3.63) is 77.1 Å². The maximum Gasteiger partial charge on any atom is 0.338 e. The molecule has 4 rings (SSSR count). The maximum absolute atomic E-state index is 13.5. The van der Waals surface area contributed by atoms with E-state index in [2.05, 4.69) is 4.99 Å². The van der Waals surface area contributed by atoms with Gasteiger partial charge in [0, 0.05) is 4.88 Å². The van der Waals surface area contributed by atoms with Crippen LogP contribution in [0.5, 0.6) is 11.5 Å². The van der Waals surface area contributed by atoms with Crippen molar-refractivity contribution in [1.29, 1.82) is 0 Å². The van der Waals surface area contributed by atoms with Crippen molar-refractivity contribution in [1.82, 2.24) is 4.57 Å². The highest BCUT2D eigenvalue weighted by atomic mass is 32.1. The number of allylic oxidation sites excluding steroid dienone is 1. The first-order chi connectivity index (χ1) is 15.5. The summed E-state index contributed by atoms with van der Waals surface area (Å²) in [7, 11) is 3.10. The number of hydrogen-bond donors (Lipinski definition) is 0. The van der Waals surface area contributed by atoms with E-state index < -0.39 is 12.0 Å². The fourth-order valence-electron chi connectivity index (χ4n) is 3.63. The molecule has 1 aromatic carbocycles. The number of methoxy groups -OCH3 is 2. The number of thiazole rings is 1. The first-order valence-corrected chi connectivity index (χ1v) is 11.6. The first-order valence-electron chi connectivity index (χ1n) is 9.93. The maximum atomic E-state index is 13.5. The van der Waals surface area contributed by atoms with Gasteiger partial charge in [0.25, 0.3) is 5.56 Å². The molecule has 0 amide bonds. The lowest BCUT2D eigenvalue weighted by molar-refractivity contribution is -0.139. The van der Waals surface area contributed by atoms with Crippen LogP contribution in [0.25, 0.3) is 6.08 Å². The molecule has 0 saturated carbocycles. The third-order valence-electron chi connectivity index (χ3n) is 5.06. The fourth-order valence-corrected chi connectivity index (χ4v) is 5.40. The van der Waals surface area contributed by atoms with Crippen LogP contribution in [0.2, 0.25) is 0 Å². The number of esters is 1. The summed E-state index contributed by atoms with van der Waals surface area (Å²) in [6, 6.07) is 8.54. The number of ether oxygens (including phenoxy) is 3. The minimum absolute atomic E-state index is 0.212. The Balaban J connectivity index is 1.98. The number of benzene rings is 1. The average molecular weight is 471 g/mol. The van der Waals surface area contributed by atoms with Gasteiger partial charge < -0.3 is 14.2 Å². The van der Waals surface area contributed by atoms with E-state index in [1.807, 2.05) is 29.7 Å². The normalized spacial score (nSPS) is 15.9. The third-order valence-corrected chi connectivity index (χ3v) is 6.86. The monoisotopic (exact) mass is 470 g/mol. The van der Waals surface area contributed by atoms with Crippen LogP contribution >= 0.6 is 22.7 Å². The quantitative estimate of drug-likeness (QED) is 0.518. The van der Waals surface area contributed by atoms with E-state index in [9.17, 15) is 9.59 Å². The van der Waals surface area contributed by atoms with E-state index in [4.69, 9.17) is 14.2 Å². The van der Waals surface area contributed by atoms with E-state index >= 15 is 0 Å². The van der Waals surface area contributed by atoms with Crippen molar-refractivity contribution >= 4 is 34.7 Å². The number of nitrogens with zero attached hydrogens (tertiary/aromatic N) is 2. The summed E-state index contributed by atoms with van der Waals surface area (Å²) in [5.41, 5.74) is 1.33. The molecule has 1 aliphatic rings. The van der Waals surface area contributed by atoms with E-state index in [0.29, 0.717) is 37.7 Å². The van der Waals surface area contributed by atoms with Gasteiger partial charge in [0.1, 0.15) is 0 Å². The Morgan fingerprint density at radius 2 is 2.00 bits per heavy atom. The molecule has 2 aromatic heterocycles. The molecule has 32 heavy (non-hydrogen) atoms. The van der Waals surface area contributed by atoms with Gasteiger partial charge in [-0.2, -0.15) is 0 Å². The van der Waals surface area contributed by atoms with E-state index in [1.54, 1.807) is 56.1 Å². The second-order valence-corrected chi connectivity index (χ2v) is 8.92. The number of aromatic nitrogens is 1. The molecule has 0 aliphatic carbocycles. The van der Waals surface area contributed by atoms with Crippen molar-refractivity contribution < 1.29 is 19.0 Å². The Labute approximate surface area is 192 Å². The minimum atomic E-state index is -0.699. The van der Waals surface area contributed by atoms with E-state index in [0.717, 1.165) is 4.88 Å². The SMILES string of the molecule is CCOC(=O)C1=C(C)N=c2s/c(=C/c3cccs3)c(=O)n2[C@@H]1c1ccc(OC)c(OC)c1. The van der Waals surface area contributed by atoms with Crippen LogP contribution in [0, 0.1) is 0 Å². The van der Waals surface area contributed by atoms with Gasteiger partial charge in [-0.3, -0.25) is 9.36 Å². The molecule has 9 heteroatoms. The molecule has 1 atom stereocenters. The zero-order chi connectivity index (χ0) is 22.8. The number of thiophene rings is 1. The lowest BCUT2D eigenvalue weighted by atomic mass is 9.95. The molecule has 1 aliphatic heterocycles. The van der Waals surface area contributed by atoms with Crippen LogP contribution in [0.3, 0.4) is 0 Å². The van der Waals surface area contributed by atoms with Crippen LogP contribution in [-0.2, 0) is 9.53 Å². The van der Waals surface area contributed by atoms with Crippen molar-refractivity contribution in [3.63, 3.8) is 0 Å². The van der Waals surface area contributed by atoms with Crippen molar-refractivity contribution in [2.75, 3.05) is 20.8 Å². The standard InChI is InChI=1S/C23H22N2O5S2/c1-5-30-22(27)19-13(2)24-23-25(21(26)18(32-23)12-15-7-6-10-31-15)20(19)14-8-9-16(28-3)17(11-14)29-4/h6-12,20H,5H2,1-4H3/b18-12+/t20-/m1/s1. The smallest absolute Gasteiger partial charge is 0.338 e. The summed E-state index contributed by atoms with van der Waals surface area (Å²) < 4.78 is 18.2. The summed E-state index contributed by atoms with van der Waals surface area (Å²) in [5, 5.41) is 1.96. The van der Waals surface area contributed by atoms with Crippen LogP contribution in [0.1, 0.15) is 30.3 Å². The highest BCUT2D eigenvalue weighted by Crippen LogP contribution is 2.36. The Morgan fingerprint density at radius 1 is 1.22 bits per heavy atom. The molecule has 0 radical (unpaired) electrons. The molecule has 0 N–H and O–H groups in total. The van der Waals surface area contributed by atoms with Crippen LogP contribution < -0.4 is 24.4 Å². The summed E-state index contributed by atoms with van der Waals surface area (Å²) in [6.07, 6.45) is 1.85. The van der Waals surface area contributed by atoms with Gasteiger partial charge in [-0.25, -0.2) is 9.79 Å². The van der Waals surface area contributed by atoms with Crippen molar-refractivity contribution in [3.8, 4) is 11.5 Å². The summed E-state index contributed by atoms with van der Waals surface area (Å²) in [5.74, 6) is 0.560. The lowest BCUT2D eigenvalue weighted by Crippen LogP contribution is -2.39. The molecular weight excluding hydrogens is 448 g/mol. The number of carbonyl (C=O) groups excluding carboxylic acids is 1. The van der Waals surface area contributed by atoms with Gasteiger partial charge in [0.15, 0.2) is 16.3 Å². The van der Waals surface area contributed by atoms with Gasteiger partial charge >= 0.3 is 5.97 Å². The Kier molecular flexibility index (Phi) is 6.29. The predicted octanol–water partition coefficient (Wildman–Crippen LogP) is 2.88. The molecule has 0 spiro atoms. The van der Waals surface area contributed by atoms with Gasteiger partial charge in [0.2, 0.25) is 0 Å². The van der Waals surface area contributed by atoms with E-state index in [1.165, 1.54) is 11.3 Å².